The minimum absolute atomic E-state index is 0.103. The van der Waals surface area contributed by atoms with Crippen LogP contribution < -0.4 is 10.1 Å². The second-order valence-electron chi connectivity index (χ2n) is 5.71. The van der Waals surface area contributed by atoms with Crippen LogP contribution in [-0.4, -0.2) is 28.1 Å². The molecule has 1 amide bonds. The molecule has 0 radical (unpaired) electrons. The third-order valence-corrected chi connectivity index (χ3v) is 3.85. The number of nitrogens with zero attached hydrogens (tertiary/aromatic N) is 2. The van der Waals surface area contributed by atoms with Crippen molar-refractivity contribution in [3.63, 3.8) is 0 Å². The van der Waals surface area contributed by atoms with E-state index in [9.17, 15) is 4.79 Å². The van der Waals surface area contributed by atoms with Gasteiger partial charge in [0.15, 0.2) is 6.10 Å². The first-order valence-corrected chi connectivity index (χ1v) is 8.11. The largest absolute Gasteiger partial charge is 0.481 e. The highest BCUT2D eigenvalue weighted by Crippen LogP contribution is 2.21. The van der Waals surface area contributed by atoms with Gasteiger partial charge in [-0.05, 0) is 36.2 Å². The second kappa shape index (κ2) is 7.64. The first-order valence-electron chi connectivity index (χ1n) is 8.11. The maximum atomic E-state index is 12.1. The third kappa shape index (κ3) is 4.13. The van der Waals surface area contributed by atoms with Crippen molar-refractivity contribution >= 4 is 16.7 Å². The fourth-order valence-corrected chi connectivity index (χ4v) is 2.53. The summed E-state index contributed by atoms with van der Waals surface area (Å²) in [5, 5.41) is 5.16. The summed E-state index contributed by atoms with van der Waals surface area (Å²) in [7, 11) is 0. The molecular formula is C19H21N3O2. The first-order chi connectivity index (χ1) is 11.7. The van der Waals surface area contributed by atoms with E-state index in [0.717, 1.165) is 23.7 Å². The fourth-order valence-electron chi connectivity index (χ4n) is 2.53. The number of rotatable bonds is 7. The Kier molecular flexibility index (Phi) is 5.11. The molecule has 5 nitrogen and oxygen atoms in total. The summed E-state index contributed by atoms with van der Waals surface area (Å²) in [6.45, 7) is 3.21. The molecule has 0 aliphatic heterocycles. The summed E-state index contributed by atoms with van der Waals surface area (Å²) in [4.78, 5) is 16.1. The predicted octanol–water partition coefficient (Wildman–Crippen LogP) is 3.01. The molecule has 0 fully saturated rings. The van der Waals surface area contributed by atoms with Crippen LogP contribution in [0.1, 0.15) is 13.3 Å². The Labute approximate surface area is 141 Å². The Hall–Kier alpha value is -2.82. The van der Waals surface area contributed by atoms with E-state index in [1.54, 1.807) is 19.4 Å². The van der Waals surface area contributed by atoms with Crippen LogP contribution in [0.3, 0.4) is 0 Å². The van der Waals surface area contributed by atoms with Crippen molar-refractivity contribution in [2.75, 3.05) is 6.54 Å². The molecule has 2 aromatic carbocycles. The number of aryl methyl sites for hydroxylation is 1. The van der Waals surface area contributed by atoms with Gasteiger partial charge in [0.2, 0.25) is 0 Å². The Morgan fingerprint density at radius 2 is 2.08 bits per heavy atom. The molecule has 0 bridgehead atoms. The van der Waals surface area contributed by atoms with Gasteiger partial charge in [-0.15, -0.1) is 0 Å². The van der Waals surface area contributed by atoms with Gasteiger partial charge < -0.3 is 14.6 Å². The minimum Gasteiger partial charge on any atom is -0.481 e. The number of benzene rings is 2. The Balaban J connectivity index is 1.47. The topological polar surface area (TPSA) is 56.1 Å². The standard InChI is InChI=1S/C19H21N3O2/c1-15(19(23)21-9-4-11-22-12-10-20-14-22)24-18-8-7-16-5-2-3-6-17(16)13-18/h2-3,5-8,10,12-15H,4,9,11H2,1H3,(H,21,23). The van der Waals surface area contributed by atoms with Crippen LogP contribution in [0.2, 0.25) is 0 Å². The molecule has 24 heavy (non-hydrogen) atoms. The SMILES string of the molecule is CC(Oc1ccc2ccccc2c1)C(=O)NCCCn1ccnc1. The van der Waals surface area contributed by atoms with Crippen molar-refractivity contribution < 1.29 is 9.53 Å². The Morgan fingerprint density at radius 3 is 2.88 bits per heavy atom. The van der Waals surface area contributed by atoms with E-state index in [2.05, 4.69) is 16.4 Å². The number of nitrogens with one attached hydrogen (secondary N) is 1. The van der Waals surface area contributed by atoms with E-state index in [4.69, 9.17) is 4.74 Å². The van der Waals surface area contributed by atoms with Crippen molar-refractivity contribution in [2.45, 2.75) is 26.0 Å². The second-order valence-corrected chi connectivity index (χ2v) is 5.71. The van der Waals surface area contributed by atoms with Crippen molar-refractivity contribution in [3.8, 4) is 5.75 Å². The van der Waals surface area contributed by atoms with Crippen LogP contribution in [0.4, 0.5) is 0 Å². The van der Waals surface area contributed by atoms with Gasteiger partial charge in [-0.25, -0.2) is 4.98 Å². The first kappa shape index (κ1) is 16.1. The molecule has 1 heterocycles. The van der Waals surface area contributed by atoms with Crippen LogP contribution in [0, 0.1) is 0 Å². The van der Waals surface area contributed by atoms with E-state index in [-0.39, 0.29) is 5.91 Å². The molecule has 1 N–H and O–H groups in total. The molecular weight excluding hydrogens is 302 g/mol. The van der Waals surface area contributed by atoms with Gasteiger partial charge in [0.05, 0.1) is 6.33 Å². The molecule has 1 unspecified atom stereocenters. The predicted molar refractivity (Wildman–Crippen MR) is 93.9 cm³/mol. The normalized spacial score (nSPS) is 12.0. The maximum absolute atomic E-state index is 12.1. The number of carbonyl (C=O) groups excluding carboxylic acids is 1. The molecule has 1 aromatic heterocycles. The number of amides is 1. The number of hydrogen-bond acceptors (Lipinski definition) is 3. The average molecular weight is 323 g/mol. The Morgan fingerprint density at radius 1 is 1.25 bits per heavy atom. The van der Waals surface area contributed by atoms with Crippen LogP contribution >= 0.6 is 0 Å². The van der Waals surface area contributed by atoms with E-state index in [0.29, 0.717) is 12.3 Å². The average Bonchev–Trinajstić information content (AvgIpc) is 3.12. The smallest absolute Gasteiger partial charge is 0.260 e. The van der Waals surface area contributed by atoms with Crippen molar-refractivity contribution in [3.05, 3.63) is 61.2 Å². The van der Waals surface area contributed by atoms with Gasteiger partial charge in [0.25, 0.3) is 5.91 Å². The Bertz CT molecular complexity index is 799. The maximum Gasteiger partial charge on any atom is 0.260 e. The summed E-state index contributed by atoms with van der Waals surface area (Å²) in [5.41, 5.74) is 0. The zero-order valence-corrected chi connectivity index (χ0v) is 13.7. The number of ether oxygens (including phenoxy) is 1. The fraction of sp³-hybridized carbons (Fsp3) is 0.263. The summed E-state index contributed by atoms with van der Waals surface area (Å²) < 4.78 is 7.75. The van der Waals surface area contributed by atoms with E-state index < -0.39 is 6.10 Å². The molecule has 0 aliphatic carbocycles. The molecule has 0 saturated carbocycles. The van der Waals surface area contributed by atoms with Gasteiger partial charge in [0, 0.05) is 25.5 Å². The number of hydrogen-bond donors (Lipinski definition) is 1. The zero-order valence-electron chi connectivity index (χ0n) is 13.7. The molecule has 0 saturated heterocycles. The summed E-state index contributed by atoms with van der Waals surface area (Å²) in [6, 6.07) is 13.9. The van der Waals surface area contributed by atoms with Gasteiger partial charge in [0.1, 0.15) is 5.75 Å². The highest BCUT2D eigenvalue weighted by Gasteiger charge is 2.14. The summed E-state index contributed by atoms with van der Waals surface area (Å²) in [5.74, 6) is 0.601. The van der Waals surface area contributed by atoms with Gasteiger partial charge >= 0.3 is 0 Å². The quantitative estimate of drug-likeness (QED) is 0.680. The van der Waals surface area contributed by atoms with E-state index in [1.807, 2.05) is 47.2 Å². The molecule has 1 atom stereocenters. The lowest BCUT2D eigenvalue weighted by Gasteiger charge is -2.15. The van der Waals surface area contributed by atoms with E-state index >= 15 is 0 Å². The summed E-state index contributed by atoms with van der Waals surface area (Å²) >= 11 is 0. The monoisotopic (exact) mass is 323 g/mol. The van der Waals surface area contributed by atoms with Gasteiger partial charge in [-0.2, -0.15) is 0 Å². The van der Waals surface area contributed by atoms with Gasteiger partial charge in [-0.3, -0.25) is 4.79 Å². The van der Waals surface area contributed by atoms with Crippen LogP contribution in [0.15, 0.2) is 61.2 Å². The molecule has 0 aliphatic rings. The minimum atomic E-state index is -0.528. The van der Waals surface area contributed by atoms with Crippen molar-refractivity contribution in [2.24, 2.45) is 0 Å². The molecule has 3 rings (SSSR count). The lowest BCUT2D eigenvalue weighted by atomic mass is 10.1. The highest BCUT2D eigenvalue weighted by molar-refractivity contribution is 5.84. The molecule has 124 valence electrons. The van der Waals surface area contributed by atoms with Gasteiger partial charge in [-0.1, -0.05) is 30.3 Å². The highest BCUT2D eigenvalue weighted by atomic mass is 16.5. The number of carbonyl (C=O) groups is 1. The van der Waals surface area contributed by atoms with Crippen molar-refractivity contribution in [1.82, 2.24) is 14.9 Å². The third-order valence-electron chi connectivity index (χ3n) is 3.85. The van der Waals surface area contributed by atoms with Crippen molar-refractivity contribution in [1.29, 1.82) is 0 Å². The molecule has 3 aromatic rings. The number of imidazole rings is 1. The summed E-state index contributed by atoms with van der Waals surface area (Å²) in [6.07, 6.45) is 5.75. The van der Waals surface area contributed by atoms with E-state index in [1.165, 1.54) is 0 Å². The molecule has 5 heteroatoms. The number of fused-ring (bicyclic) bond motifs is 1. The lowest BCUT2D eigenvalue weighted by molar-refractivity contribution is -0.127. The number of aromatic nitrogens is 2. The van der Waals surface area contributed by atoms with Crippen LogP contribution in [0.5, 0.6) is 5.75 Å². The lowest BCUT2D eigenvalue weighted by Crippen LogP contribution is -2.37. The van der Waals surface area contributed by atoms with Crippen LogP contribution in [-0.2, 0) is 11.3 Å². The molecule has 0 spiro atoms. The van der Waals surface area contributed by atoms with Crippen LogP contribution in [0.25, 0.3) is 10.8 Å². The zero-order chi connectivity index (χ0) is 16.8.